The average Bonchev–Trinajstić information content (AvgIpc) is 2.42. The van der Waals surface area contributed by atoms with Gasteiger partial charge in [-0.15, -0.1) is 0 Å². The summed E-state index contributed by atoms with van der Waals surface area (Å²) in [7, 11) is 0. The lowest BCUT2D eigenvalue weighted by Gasteiger charge is -2.60. The molecule has 0 aromatic carbocycles. The maximum absolute atomic E-state index is 6.33. The van der Waals surface area contributed by atoms with Crippen LogP contribution in [0.25, 0.3) is 0 Å². The van der Waals surface area contributed by atoms with Crippen LogP contribution < -0.4 is 5.73 Å². The fourth-order valence-corrected chi connectivity index (χ4v) is 6.06. The lowest BCUT2D eigenvalue weighted by Crippen LogP contribution is -2.53. The molecule has 5 saturated carbocycles. The summed E-state index contributed by atoms with van der Waals surface area (Å²) in [5.41, 5.74) is 7.09. The van der Waals surface area contributed by atoms with Crippen molar-refractivity contribution in [2.75, 3.05) is 0 Å². The molecule has 0 saturated heterocycles. The third-order valence-corrected chi connectivity index (χ3v) is 5.98. The first kappa shape index (κ1) is 8.15. The minimum absolute atomic E-state index is 0.569. The maximum atomic E-state index is 6.33. The zero-order chi connectivity index (χ0) is 9.34. The van der Waals surface area contributed by atoms with Crippen LogP contribution in [0.2, 0.25) is 0 Å². The van der Waals surface area contributed by atoms with Crippen molar-refractivity contribution in [2.24, 2.45) is 34.8 Å². The van der Waals surface area contributed by atoms with Crippen molar-refractivity contribution in [1.29, 1.82) is 0 Å². The Labute approximate surface area is 86.4 Å². The van der Waals surface area contributed by atoms with E-state index in [0.717, 1.165) is 29.1 Å². The van der Waals surface area contributed by atoms with E-state index in [1.807, 2.05) is 0 Å². The van der Waals surface area contributed by atoms with Crippen LogP contribution in [-0.2, 0) is 0 Å². The lowest BCUT2D eigenvalue weighted by atomic mass is 9.46. The SMILES string of the molecule is NC1CCC23C[C@@H]4CC(C[C@@H](C4)C2)C13. The van der Waals surface area contributed by atoms with Gasteiger partial charge in [-0.05, 0) is 74.0 Å². The van der Waals surface area contributed by atoms with Crippen LogP contribution >= 0.6 is 0 Å². The molecule has 1 nitrogen and oxygen atoms in total. The van der Waals surface area contributed by atoms with Gasteiger partial charge in [-0.2, -0.15) is 0 Å². The molecular weight excluding hydrogens is 170 g/mol. The molecule has 1 spiro atoms. The molecule has 5 rings (SSSR count). The van der Waals surface area contributed by atoms with Crippen LogP contribution in [0.4, 0.5) is 0 Å². The Morgan fingerprint density at radius 2 is 1.71 bits per heavy atom. The van der Waals surface area contributed by atoms with Crippen LogP contribution in [-0.4, -0.2) is 6.04 Å². The fraction of sp³-hybridized carbons (Fsp3) is 1.00. The van der Waals surface area contributed by atoms with Crippen molar-refractivity contribution in [3.8, 4) is 0 Å². The Bertz CT molecular complexity index is 258. The van der Waals surface area contributed by atoms with Gasteiger partial charge < -0.3 is 5.73 Å². The number of hydrogen-bond acceptors (Lipinski definition) is 1. The topological polar surface area (TPSA) is 26.0 Å². The molecule has 1 heteroatoms. The molecule has 5 aliphatic rings. The van der Waals surface area contributed by atoms with E-state index in [0.29, 0.717) is 6.04 Å². The molecule has 78 valence electrons. The standard InChI is InChI=1S/C13H21N/c14-11-1-2-13-6-8-3-9(7-13)5-10(4-8)12(11)13/h8-12H,1-7,14H2/t8-,9+,10?,11?,12?,13?. The van der Waals surface area contributed by atoms with Gasteiger partial charge >= 0.3 is 0 Å². The van der Waals surface area contributed by atoms with Gasteiger partial charge in [0.15, 0.2) is 0 Å². The molecule has 4 bridgehead atoms. The third kappa shape index (κ3) is 0.816. The Kier molecular flexibility index (Phi) is 1.38. The Morgan fingerprint density at radius 3 is 2.43 bits per heavy atom. The zero-order valence-corrected chi connectivity index (χ0v) is 8.91. The predicted molar refractivity (Wildman–Crippen MR) is 56.7 cm³/mol. The van der Waals surface area contributed by atoms with E-state index in [-0.39, 0.29) is 0 Å². The van der Waals surface area contributed by atoms with Gasteiger partial charge in [0.1, 0.15) is 0 Å². The van der Waals surface area contributed by atoms with Crippen LogP contribution in [0, 0.1) is 29.1 Å². The van der Waals surface area contributed by atoms with Gasteiger partial charge in [0.2, 0.25) is 0 Å². The molecule has 6 atom stereocenters. The molecule has 0 radical (unpaired) electrons. The quantitative estimate of drug-likeness (QED) is 0.625. The van der Waals surface area contributed by atoms with Gasteiger partial charge in [-0.1, -0.05) is 0 Å². The molecule has 0 amide bonds. The van der Waals surface area contributed by atoms with Crippen molar-refractivity contribution in [3.05, 3.63) is 0 Å². The second-order valence-electron chi connectivity index (χ2n) is 6.70. The molecule has 14 heavy (non-hydrogen) atoms. The molecule has 2 N–H and O–H groups in total. The molecule has 0 aromatic rings. The molecule has 4 unspecified atom stereocenters. The lowest BCUT2D eigenvalue weighted by molar-refractivity contribution is -0.0948. The highest BCUT2D eigenvalue weighted by atomic mass is 14.8. The van der Waals surface area contributed by atoms with Gasteiger partial charge in [0.25, 0.3) is 0 Å². The summed E-state index contributed by atoms with van der Waals surface area (Å²) in [6, 6.07) is 0.569. The number of hydrogen-bond donors (Lipinski definition) is 1. The van der Waals surface area contributed by atoms with Gasteiger partial charge in [0, 0.05) is 6.04 Å². The monoisotopic (exact) mass is 191 g/mol. The second kappa shape index (κ2) is 2.37. The summed E-state index contributed by atoms with van der Waals surface area (Å²) in [6.07, 6.45) is 10.6. The Balaban J connectivity index is 1.79. The summed E-state index contributed by atoms with van der Waals surface area (Å²) in [5, 5.41) is 0. The van der Waals surface area contributed by atoms with Crippen LogP contribution in [0.5, 0.6) is 0 Å². The summed E-state index contributed by atoms with van der Waals surface area (Å²) < 4.78 is 0. The van der Waals surface area contributed by atoms with Gasteiger partial charge in [-0.25, -0.2) is 0 Å². The molecule has 0 aromatic heterocycles. The maximum Gasteiger partial charge on any atom is 0.00753 e. The van der Waals surface area contributed by atoms with E-state index >= 15 is 0 Å². The van der Waals surface area contributed by atoms with Gasteiger partial charge in [0.05, 0.1) is 0 Å². The summed E-state index contributed by atoms with van der Waals surface area (Å²) >= 11 is 0. The highest BCUT2D eigenvalue weighted by Gasteiger charge is 2.60. The van der Waals surface area contributed by atoms with Crippen molar-refractivity contribution in [1.82, 2.24) is 0 Å². The predicted octanol–water partition coefficient (Wildman–Crippen LogP) is 2.55. The van der Waals surface area contributed by atoms with Gasteiger partial charge in [-0.3, -0.25) is 0 Å². The first-order chi connectivity index (χ1) is 6.77. The van der Waals surface area contributed by atoms with Crippen LogP contribution in [0.15, 0.2) is 0 Å². The Morgan fingerprint density at radius 1 is 1.00 bits per heavy atom. The normalized spacial score (nSPS) is 64.5. The van der Waals surface area contributed by atoms with Crippen molar-refractivity contribution in [2.45, 2.75) is 51.0 Å². The van der Waals surface area contributed by atoms with E-state index < -0.39 is 0 Å². The number of nitrogens with two attached hydrogens (primary N) is 1. The first-order valence-electron chi connectivity index (χ1n) is 6.52. The molecule has 5 fully saturated rings. The molecule has 5 aliphatic carbocycles. The van der Waals surface area contributed by atoms with E-state index in [4.69, 9.17) is 5.73 Å². The fourth-order valence-electron chi connectivity index (χ4n) is 6.06. The minimum Gasteiger partial charge on any atom is -0.327 e. The van der Waals surface area contributed by atoms with Crippen molar-refractivity contribution < 1.29 is 0 Å². The highest BCUT2D eigenvalue weighted by Crippen LogP contribution is 2.67. The number of rotatable bonds is 0. The summed E-state index contributed by atoms with van der Waals surface area (Å²) in [6.45, 7) is 0. The molecule has 0 heterocycles. The smallest absolute Gasteiger partial charge is 0.00753 e. The average molecular weight is 191 g/mol. The van der Waals surface area contributed by atoms with Crippen molar-refractivity contribution >= 4 is 0 Å². The van der Waals surface area contributed by atoms with Crippen LogP contribution in [0.3, 0.4) is 0 Å². The second-order valence-corrected chi connectivity index (χ2v) is 6.70. The largest absolute Gasteiger partial charge is 0.327 e. The summed E-state index contributed by atoms with van der Waals surface area (Å²) in [4.78, 5) is 0. The Hall–Kier alpha value is -0.0400. The zero-order valence-electron chi connectivity index (χ0n) is 8.91. The first-order valence-corrected chi connectivity index (χ1v) is 6.52. The van der Waals surface area contributed by atoms with E-state index in [9.17, 15) is 0 Å². The van der Waals surface area contributed by atoms with E-state index in [1.54, 1.807) is 19.3 Å². The van der Waals surface area contributed by atoms with Crippen molar-refractivity contribution in [3.63, 3.8) is 0 Å². The minimum atomic E-state index is 0.569. The summed E-state index contributed by atoms with van der Waals surface area (Å²) in [5.74, 6) is 4.19. The molecule has 0 aliphatic heterocycles. The highest BCUT2D eigenvalue weighted by molar-refractivity contribution is 5.11. The van der Waals surface area contributed by atoms with E-state index in [2.05, 4.69) is 0 Å². The molecular formula is C13H21N. The van der Waals surface area contributed by atoms with Crippen LogP contribution in [0.1, 0.15) is 44.9 Å². The van der Waals surface area contributed by atoms with E-state index in [1.165, 1.54) is 25.7 Å². The third-order valence-electron chi connectivity index (χ3n) is 5.98.